The van der Waals surface area contributed by atoms with Crippen molar-refractivity contribution in [2.75, 3.05) is 16.8 Å². The first-order chi connectivity index (χ1) is 13.6. The fourth-order valence-electron chi connectivity index (χ4n) is 3.28. The monoisotopic (exact) mass is 422 g/mol. The van der Waals surface area contributed by atoms with Gasteiger partial charge < -0.3 is 10.2 Å². The number of amides is 2. The van der Waals surface area contributed by atoms with E-state index >= 15 is 0 Å². The lowest BCUT2D eigenvalue weighted by molar-refractivity contribution is -0.117. The Labute approximate surface area is 167 Å². The first-order valence-electron chi connectivity index (χ1n) is 8.99. The van der Waals surface area contributed by atoms with E-state index in [1.807, 2.05) is 0 Å². The van der Waals surface area contributed by atoms with Gasteiger partial charge in [-0.05, 0) is 49.2 Å². The highest BCUT2D eigenvalue weighted by molar-refractivity contribution is 7.92. The molecule has 0 aliphatic carbocycles. The molecule has 0 fully saturated rings. The molecule has 0 saturated heterocycles. The van der Waals surface area contributed by atoms with Crippen LogP contribution in [0, 0.1) is 11.6 Å². The quantitative estimate of drug-likeness (QED) is 0.803. The Balaban J connectivity index is 1.74. The predicted octanol–water partition coefficient (Wildman–Crippen LogP) is 3.06. The number of nitrogens with one attached hydrogen (secondary N) is 1. The van der Waals surface area contributed by atoms with Crippen LogP contribution < -0.4 is 10.2 Å². The number of carbonyl (C=O) groups excluding carboxylic acids is 2. The van der Waals surface area contributed by atoms with Crippen molar-refractivity contribution in [2.45, 2.75) is 36.8 Å². The summed E-state index contributed by atoms with van der Waals surface area (Å²) in [5.74, 6) is -2.54. The largest absolute Gasteiger partial charge is 0.324 e. The van der Waals surface area contributed by atoms with Gasteiger partial charge in [-0.15, -0.1) is 0 Å². The average Bonchev–Trinajstić information content (AvgIpc) is 3.07. The van der Waals surface area contributed by atoms with Crippen molar-refractivity contribution >= 4 is 33.0 Å². The van der Waals surface area contributed by atoms with Crippen molar-refractivity contribution in [1.29, 1.82) is 0 Å². The normalized spacial score (nSPS) is 14.4. The van der Waals surface area contributed by atoms with Crippen molar-refractivity contribution in [2.24, 2.45) is 0 Å². The topological polar surface area (TPSA) is 83.6 Å². The first-order valence-corrected chi connectivity index (χ1v) is 10.5. The fourth-order valence-corrected chi connectivity index (χ4v) is 4.68. The molecule has 0 saturated carbocycles. The van der Waals surface area contributed by atoms with Crippen LogP contribution in [-0.2, 0) is 25.8 Å². The number of halogens is 2. The van der Waals surface area contributed by atoms with Gasteiger partial charge in [0.15, 0.2) is 9.84 Å². The number of fused-ring (bicyclic) bond motifs is 1. The summed E-state index contributed by atoms with van der Waals surface area (Å²) in [6.07, 6.45) is 0.160. The van der Waals surface area contributed by atoms with E-state index in [9.17, 15) is 26.8 Å². The molecule has 6 nitrogen and oxygen atoms in total. The van der Waals surface area contributed by atoms with Gasteiger partial charge in [0.25, 0.3) is 0 Å². The lowest BCUT2D eigenvalue weighted by atomic mass is 10.2. The smallest absolute Gasteiger partial charge is 0.225 e. The van der Waals surface area contributed by atoms with Crippen LogP contribution in [0.4, 0.5) is 20.2 Å². The standard InChI is InChI=1S/C20H20F2N2O4S/c1-12(9-20(26)23-18-5-3-15(21)11-17(18)22)29(27,28)16-4-6-19-14(10-16)7-8-24(19)13(2)25/h3-6,10-12H,7-9H2,1-2H3,(H,23,26)/t12-/m0/s1. The van der Waals surface area contributed by atoms with Crippen molar-refractivity contribution in [3.63, 3.8) is 0 Å². The highest BCUT2D eigenvalue weighted by Gasteiger charge is 2.29. The predicted molar refractivity (Wildman–Crippen MR) is 104 cm³/mol. The number of hydrogen-bond donors (Lipinski definition) is 1. The van der Waals surface area contributed by atoms with Crippen LogP contribution >= 0.6 is 0 Å². The zero-order valence-corrected chi connectivity index (χ0v) is 16.7. The molecule has 29 heavy (non-hydrogen) atoms. The van der Waals surface area contributed by atoms with Crippen molar-refractivity contribution in [1.82, 2.24) is 0 Å². The second kappa shape index (κ2) is 7.90. The fraction of sp³-hybridized carbons (Fsp3) is 0.300. The summed E-state index contributed by atoms with van der Waals surface area (Å²) in [5.41, 5.74) is 1.22. The number of sulfone groups is 1. The van der Waals surface area contributed by atoms with Crippen LogP contribution in [-0.4, -0.2) is 32.0 Å². The minimum atomic E-state index is -3.82. The molecule has 3 rings (SSSR count). The van der Waals surface area contributed by atoms with Crippen molar-refractivity contribution in [3.8, 4) is 0 Å². The number of benzene rings is 2. The Kier molecular flexibility index (Phi) is 5.70. The minimum Gasteiger partial charge on any atom is -0.324 e. The molecule has 1 N–H and O–H groups in total. The van der Waals surface area contributed by atoms with Crippen LogP contribution in [0.2, 0.25) is 0 Å². The van der Waals surface area contributed by atoms with E-state index < -0.39 is 39.0 Å². The maximum atomic E-state index is 13.7. The molecule has 1 atom stereocenters. The third-order valence-corrected chi connectivity index (χ3v) is 7.00. The molecule has 2 amide bonds. The van der Waals surface area contributed by atoms with Gasteiger partial charge in [-0.2, -0.15) is 0 Å². The first kappa shape index (κ1) is 20.9. The third-order valence-electron chi connectivity index (χ3n) is 4.86. The average molecular weight is 422 g/mol. The number of anilines is 2. The van der Waals surface area contributed by atoms with E-state index in [2.05, 4.69) is 5.32 Å². The van der Waals surface area contributed by atoms with Gasteiger partial charge in [0.1, 0.15) is 11.6 Å². The molecule has 0 unspecified atom stereocenters. The van der Waals surface area contributed by atoms with E-state index in [0.717, 1.165) is 17.7 Å². The van der Waals surface area contributed by atoms with Gasteiger partial charge in [-0.3, -0.25) is 9.59 Å². The molecule has 0 spiro atoms. The lowest BCUT2D eigenvalue weighted by Gasteiger charge is -2.16. The van der Waals surface area contributed by atoms with Gasteiger partial charge in [-0.25, -0.2) is 17.2 Å². The van der Waals surface area contributed by atoms with E-state index in [-0.39, 0.29) is 16.5 Å². The second-order valence-electron chi connectivity index (χ2n) is 6.94. The SMILES string of the molecule is CC(=O)N1CCc2cc(S(=O)(=O)[C@@H](C)CC(=O)Nc3ccc(F)cc3F)ccc21. The molecule has 154 valence electrons. The van der Waals surface area contributed by atoms with Crippen LogP contribution in [0.1, 0.15) is 25.8 Å². The Morgan fingerprint density at radius 1 is 1.17 bits per heavy atom. The molecule has 0 bridgehead atoms. The molecule has 0 radical (unpaired) electrons. The molecule has 2 aromatic rings. The molecule has 1 aliphatic heterocycles. The van der Waals surface area contributed by atoms with E-state index in [1.165, 1.54) is 26.0 Å². The summed E-state index contributed by atoms with van der Waals surface area (Å²) in [7, 11) is -3.82. The molecule has 1 heterocycles. The summed E-state index contributed by atoms with van der Waals surface area (Å²) in [5, 5.41) is 1.20. The Hall–Kier alpha value is -2.81. The Morgan fingerprint density at radius 2 is 1.90 bits per heavy atom. The van der Waals surface area contributed by atoms with Gasteiger partial charge in [0.05, 0.1) is 15.8 Å². The molecular formula is C20H20F2N2O4S. The minimum absolute atomic E-state index is 0.0647. The molecule has 1 aliphatic rings. The van der Waals surface area contributed by atoms with Gasteiger partial charge >= 0.3 is 0 Å². The van der Waals surface area contributed by atoms with Gasteiger partial charge in [0, 0.05) is 31.6 Å². The number of hydrogen-bond acceptors (Lipinski definition) is 4. The molecular weight excluding hydrogens is 402 g/mol. The maximum absolute atomic E-state index is 13.7. The maximum Gasteiger partial charge on any atom is 0.225 e. The number of nitrogens with zero attached hydrogens (tertiary/aromatic N) is 1. The number of carbonyl (C=O) groups is 2. The summed E-state index contributed by atoms with van der Waals surface area (Å²) in [6.45, 7) is 3.34. The number of rotatable bonds is 5. The zero-order chi connectivity index (χ0) is 21.3. The van der Waals surface area contributed by atoms with Gasteiger partial charge in [0.2, 0.25) is 11.8 Å². The van der Waals surface area contributed by atoms with Gasteiger partial charge in [-0.1, -0.05) is 0 Å². The summed E-state index contributed by atoms with van der Waals surface area (Å²) in [4.78, 5) is 25.4. The van der Waals surface area contributed by atoms with E-state index in [1.54, 1.807) is 11.0 Å². The third kappa shape index (κ3) is 4.29. The Morgan fingerprint density at radius 3 is 2.55 bits per heavy atom. The van der Waals surface area contributed by atoms with E-state index in [4.69, 9.17) is 0 Å². The van der Waals surface area contributed by atoms with E-state index in [0.29, 0.717) is 24.7 Å². The summed E-state index contributed by atoms with van der Waals surface area (Å²) < 4.78 is 52.3. The van der Waals surface area contributed by atoms with Crippen molar-refractivity contribution in [3.05, 3.63) is 53.6 Å². The second-order valence-corrected chi connectivity index (χ2v) is 9.31. The molecule has 2 aromatic carbocycles. The van der Waals surface area contributed by atoms with Crippen LogP contribution in [0.15, 0.2) is 41.3 Å². The zero-order valence-electron chi connectivity index (χ0n) is 15.9. The van der Waals surface area contributed by atoms with Crippen molar-refractivity contribution < 1.29 is 26.8 Å². The van der Waals surface area contributed by atoms with Crippen LogP contribution in [0.25, 0.3) is 0 Å². The Bertz CT molecular complexity index is 1090. The summed E-state index contributed by atoms with van der Waals surface area (Å²) in [6, 6.07) is 7.24. The molecule has 9 heteroatoms. The van der Waals surface area contributed by atoms with Crippen LogP contribution in [0.5, 0.6) is 0 Å². The van der Waals surface area contributed by atoms with Crippen LogP contribution in [0.3, 0.4) is 0 Å². The summed E-state index contributed by atoms with van der Waals surface area (Å²) >= 11 is 0. The highest BCUT2D eigenvalue weighted by Crippen LogP contribution is 2.31. The lowest BCUT2D eigenvalue weighted by Crippen LogP contribution is -2.26. The highest BCUT2D eigenvalue weighted by atomic mass is 32.2. The molecule has 0 aromatic heterocycles.